The highest BCUT2D eigenvalue weighted by Crippen LogP contribution is 2.39. The van der Waals surface area contributed by atoms with Crippen molar-refractivity contribution in [3.8, 4) is 17.2 Å². The second-order valence-corrected chi connectivity index (χ2v) is 7.55. The number of alkyl halides is 3. The molecular formula is C25H18F4O4. The first-order chi connectivity index (χ1) is 15.6. The van der Waals surface area contributed by atoms with Gasteiger partial charge in [0.15, 0.2) is 0 Å². The molecule has 170 valence electrons. The van der Waals surface area contributed by atoms with Crippen molar-refractivity contribution in [2.45, 2.75) is 26.6 Å². The molecule has 0 aliphatic heterocycles. The fraction of sp³-hybridized carbons (Fsp3) is 0.160. The standard InChI is InChI=1S/C25H18F4O4/c1-14-9-15(2)11-18(10-14)32-23-22(30)19-8-7-17(12-21(19)33-24(23)25(27,28)29)31-13-16-5-3-4-6-20(16)26/h3-12H,13H2,1-2H3. The highest BCUT2D eigenvalue weighted by atomic mass is 19.4. The number of ether oxygens (including phenoxy) is 2. The number of halogens is 4. The average molecular weight is 458 g/mol. The minimum Gasteiger partial charge on any atom is -0.489 e. The third kappa shape index (κ3) is 4.84. The molecule has 0 aliphatic carbocycles. The number of rotatable bonds is 5. The van der Waals surface area contributed by atoms with E-state index in [0.29, 0.717) is 0 Å². The van der Waals surface area contributed by atoms with Crippen LogP contribution < -0.4 is 14.9 Å². The van der Waals surface area contributed by atoms with Crippen LogP contribution in [0.4, 0.5) is 17.6 Å². The molecule has 4 aromatic rings. The topological polar surface area (TPSA) is 48.7 Å². The first-order valence-electron chi connectivity index (χ1n) is 9.92. The summed E-state index contributed by atoms with van der Waals surface area (Å²) in [6.07, 6.45) is -4.98. The van der Waals surface area contributed by atoms with Crippen LogP contribution in [0.1, 0.15) is 22.5 Å². The van der Waals surface area contributed by atoms with Gasteiger partial charge in [-0.2, -0.15) is 13.2 Å². The van der Waals surface area contributed by atoms with E-state index in [-0.39, 0.29) is 34.6 Å². The molecule has 0 spiro atoms. The lowest BCUT2D eigenvalue weighted by Crippen LogP contribution is -2.15. The van der Waals surface area contributed by atoms with E-state index in [0.717, 1.165) is 17.2 Å². The summed E-state index contributed by atoms with van der Waals surface area (Å²) in [5, 5.41) is -0.111. The van der Waals surface area contributed by atoms with Crippen LogP contribution in [-0.2, 0) is 12.8 Å². The highest BCUT2D eigenvalue weighted by Gasteiger charge is 2.40. The van der Waals surface area contributed by atoms with Gasteiger partial charge in [0.1, 0.15) is 29.5 Å². The first-order valence-corrected chi connectivity index (χ1v) is 9.92. The van der Waals surface area contributed by atoms with Crippen molar-refractivity contribution in [1.82, 2.24) is 0 Å². The minimum absolute atomic E-state index is 0.0921. The minimum atomic E-state index is -4.98. The molecule has 0 amide bonds. The van der Waals surface area contributed by atoms with Gasteiger partial charge in [-0.25, -0.2) is 4.39 Å². The molecule has 0 N–H and O–H groups in total. The Bertz CT molecular complexity index is 1370. The largest absolute Gasteiger partial charge is 0.489 e. The van der Waals surface area contributed by atoms with Crippen molar-refractivity contribution in [1.29, 1.82) is 0 Å². The number of benzene rings is 3. The second-order valence-electron chi connectivity index (χ2n) is 7.55. The maximum absolute atomic E-state index is 13.8. The fourth-order valence-electron chi connectivity index (χ4n) is 3.41. The molecule has 0 saturated carbocycles. The maximum Gasteiger partial charge on any atom is 0.453 e. The van der Waals surface area contributed by atoms with Gasteiger partial charge in [-0.1, -0.05) is 24.3 Å². The van der Waals surface area contributed by atoms with Crippen LogP contribution in [0.15, 0.2) is 69.9 Å². The summed E-state index contributed by atoms with van der Waals surface area (Å²) in [7, 11) is 0. The van der Waals surface area contributed by atoms with Gasteiger partial charge in [0, 0.05) is 11.6 Å². The molecule has 1 aromatic heterocycles. The van der Waals surface area contributed by atoms with Gasteiger partial charge >= 0.3 is 6.18 Å². The molecule has 8 heteroatoms. The summed E-state index contributed by atoms with van der Waals surface area (Å²) in [6.45, 7) is 3.37. The van der Waals surface area contributed by atoms with Gasteiger partial charge in [-0.05, 0) is 55.3 Å². The Labute approximate surface area is 186 Å². The Balaban J connectivity index is 1.75. The second kappa shape index (κ2) is 8.61. The quantitative estimate of drug-likeness (QED) is 0.304. The van der Waals surface area contributed by atoms with Crippen LogP contribution >= 0.6 is 0 Å². The van der Waals surface area contributed by atoms with E-state index in [1.165, 1.54) is 42.5 Å². The van der Waals surface area contributed by atoms with Crippen LogP contribution in [0.2, 0.25) is 0 Å². The van der Waals surface area contributed by atoms with E-state index in [4.69, 9.17) is 13.9 Å². The van der Waals surface area contributed by atoms with Crippen molar-refractivity contribution in [2.75, 3.05) is 0 Å². The molecule has 1 heterocycles. The van der Waals surface area contributed by atoms with Crippen LogP contribution in [0.5, 0.6) is 17.2 Å². The number of fused-ring (bicyclic) bond motifs is 1. The molecule has 0 aliphatic rings. The highest BCUT2D eigenvalue weighted by molar-refractivity contribution is 5.79. The van der Waals surface area contributed by atoms with Crippen molar-refractivity contribution in [3.63, 3.8) is 0 Å². The van der Waals surface area contributed by atoms with Crippen LogP contribution in [0, 0.1) is 19.7 Å². The van der Waals surface area contributed by atoms with Crippen molar-refractivity contribution in [2.24, 2.45) is 0 Å². The predicted molar refractivity (Wildman–Crippen MR) is 114 cm³/mol. The molecule has 4 nitrogen and oxygen atoms in total. The molecule has 0 fully saturated rings. The molecule has 0 unspecified atom stereocenters. The Morgan fingerprint density at radius 2 is 1.61 bits per heavy atom. The van der Waals surface area contributed by atoms with E-state index >= 15 is 0 Å². The Hall–Kier alpha value is -3.81. The summed E-state index contributed by atoms with van der Waals surface area (Å²) in [5.74, 6) is -2.76. The molecule has 0 atom stereocenters. The van der Waals surface area contributed by atoms with E-state index in [9.17, 15) is 22.4 Å². The van der Waals surface area contributed by atoms with Gasteiger partial charge in [-0.15, -0.1) is 0 Å². The summed E-state index contributed by atoms with van der Waals surface area (Å²) >= 11 is 0. The Morgan fingerprint density at radius 3 is 2.27 bits per heavy atom. The van der Waals surface area contributed by atoms with Crippen LogP contribution in [0.25, 0.3) is 11.0 Å². The number of hydrogen-bond donors (Lipinski definition) is 0. The summed E-state index contributed by atoms with van der Waals surface area (Å²) in [6, 6.07) is 14.7. The zero-order valence-electron chi connectivity index (χ0n) is 17.6. The summed E-state index contributed by atoms with van der Waals surface area (Å²) < 4.78 is 71.0. The SMILES string of the molecule is Cc1cc(C)cc(Oc2c(C(F)(F)F)oc3cc(OCc4ccccc4F)ccc3c2=O)c1. The molecule has 0 saturated heterocycles. The van der Waals surface area contributed by atoms with Gasteiger partial charge in [0.05, 0.1) is 5.39 Å². The average Bonchev–Trinajstić information content (AvgIpc) is 2.73. The van der Waals surface area contributed by atoms with Gasteiger partial charge in [-0.3, -0.25) is 4.79 Å². The lowest BCUT2D eigenvalue weighted by molar-refractivity contribution is -0.154. The van der Waals surface area contributed by atoms with Crippen molar-refractivity contribution >= 4 is 11.0 Å². The lowest BCUT2D eigenvalue weighted by atomic mass is 10.1. The third-order valence-electron chi connectivity index (χ3n) is 4.85. The molecule has 3 aromatic carbocycles. The third-order valence-corrected chi connectivity index (χ3v) is 4.85. The monoisotopic (exact) mass is 458 g/mol. The smallest absolute Gasteiger partial charge is 0.453 e. The molecule has 4 rings (SSSR count). The number of hydrogen-bond acceptors (Lipinski definition) is 4. The van der Waals surface area contributed by atoms with E-state index in [1.54, 1.807) is 19.9 Å². The van der Waals surface area contributed by atoms with Crippen LogP contribution in [-0.4, -0.2) is 0 Å². The Kier molecular flexibility index (Phi) is 5.84. The zero-order valence-corrected chi connectivity index (χ0v) is 17.6. The van der Waals surface area contributed by atoms with E-state index < -0.39 is 28.9 Å². The first kappa shape index (κ1) is 22.4. The maximum atomic E-state index is 13.8. The Morgan fingerprint density at radius 1 is 0.909 bits per heavy atom. The molecule has 33 heavy (non-hydrogen) atoms. The predicted octanol–water partition coefficient (Wildman–Crippen LogP) is 6.94. The van der Waals surface area contributed by atoms with Gasteiger partial charge < -0.3 is 13.9 Å². The number of aryl methyl sites for hydroxylation is 2. The molecule has 0 radical (unpaired) electrons. The summed E-state index contributed by atoms with van der Waals surface area (Å²) in [4.78, 5) is 12.9. The lowest BCUT2D eigenvalue weighted by Gasteiger charge is -2.14. The van der Waals surface area contributed by atoms with Crippen molar-refractivity contribution < 1.29 is 31.5 Å². The molecular weight excluding hydrogens is 440 g/mol. The zero-order chi connectivity index (χ0) is 23.8. The van der Waals surface area contributed by atoms with E-state index in [1.807, 2.05) is 6.07 Å². The van der Waals surface area contributed by atoms with E-state index in [2.05, 4.69) is 0 Å². The molecule has 0 bridgehead atoms. The van der Waals surface area contributed by atoms with Gasteiger partial charge in [0.25, 0.3) is 5.76 Å². The summed E-state index contributed by atoms with van der Waals surface area (Å²) in [5.41, 5.74) is 0.502. The van der Waals surface area contributed by atoms with Gasteiger partial charge in [0.2, 0.25) is 11.2 Å². The normalized spacial score (nSPS) is 11.6. The van der Waals surface area contributed by atoms with Crippen molar-refractivity contribution in [3.05, 3.63) is 99.2 Å². The van der Waals surface area contributed by atoms with Crippen LogP contribution in [0.3, 0.4) is 0 Å². The fourth-order valence-corrected chi connectivity index (χ4v) is 3.41.